The van der Waals surface area contributed by atoms with E-state index in [1.165, 1.54) is 25.3 Å². The SMILES string of the molecule is COc1ccc(C[C@H](NC(=O)c2ccccc2C(F)(F)F)C(=O)O)cc1Cl. The number of amides is 1. The van der Waals surface area contributed by atoms with Gasteiger partial charge in [0.05, 0.1) is 23.3 Å². The average molecular weight is 402 g/mol. The molecule has 0 radical (unpaired) electrons. The number of carbonyl (C=O) groups excluding carboxylic acids is 1. The van der Waals surface area contributed by atoms with E-state index in [2.05, 4.69) is 5.32 Å². The van der Waals surface area contributed by atoms with E-state index in [4.69, 9.17) is 16.3 Å². The number of hydrogen-bond acceptors (Lipinski definition) is 3. The van der Waals surface area contributed by atoms with Crippen molar-refractivity contribution in [1.82, 2.24) is 5.32 Å². The molecule has 0 bridgehead atoms. The molecule has 0 aliphatic heterocycles. The number of ether oxygens (including phenoxy) is 1. The van der Waals surface area contributed by atoms with Crippen LogP contribution in [0, 0.1) is 0 Å². The zero-order chi connectivity index (χ0) is 20.2. The highest BCUT2D eigenvalue weighted by Crippen LogP contribution is 2.32. The minimum Gasteiger partial charge on any atom is -0.495 e. The molecule has 0 saturated carbocycles. The number of hydrogen-bond donors (Lipinski definition) is 2. The molecule has 0 aliphatic rings. The van der Waals surface area contributed by atoms with Crippen LogP contribution in [0.1, 0.15) is 21.5 Å². The van der Waals surface area contributed by atoms with Crippen LogP contribution >= 0.6 is 11.6 Å². The molecule has 0 unspecified atom stereocenters. The van der Waals surface area contributed by atoms with Crippen LogP contribution in [-0.2, 0) is 17.4 Å². The minimum absolute atomic E-state index is 0.168. The fourth-order valence-corrected chi connectivity index (χ4v) is 2.72. The Balaban J connectivity index is 2.23. The number of alkyl halides is 3. The summed E-state index contributed by atoms with van der Waals surface area (Å²) in [6.45, 7) is 0. The van der Waals surface area contributed by atoms with E-state index in [1.807, 2.05) is 0 Å². The second-order valence-corrected chi connectivity index (χ2v) is 5.99. The van der Waals surface area contributed by atoms with E-state index < -0.39 is 35.2 Å². The van der Waals surface area contributed by atoms with Crippen LogP contribution in [0.2, 0.25) is 5.02 Å². The van der Waals surface area contributed by atoms with Crippen molar-refractivity contribution in [3.63, 3.8) is 0 Å². The summed E-state index contributed by atoms with van der Waals surface area (Å²) in [4.78, 5) is 23.7. The summed E-state index contributed by atoms with van der Waals surface area (Å²) in [5.74, 6) is -2.13. The Morgan fingerprint density at radius 2 is 1.89 bits per heavy atom. The van der Waals surface area contributed by atoms with Gasteiger partial charge in [0.2, 0.25) is 0 Å². The summed E-state index contributed by atoms with van der Waals surface area (Å²) in [5, 5.41) is 11.7. The number of benzene rings is 2. The molecule has 2 N–H and O–H groups in total. The summed E-state index contributed by atoms with van der Waals surface area (Å²) in [5.41, 5.74) is -1.32. The van der Waals surface area contributed by atoms with Gasteiger partial charge in [-0.1, -0.05) is 29.8 Å². The van der Waals surface area contributed by atoms with Gasteiger partial charge >= 0.3 is 12.1 Å². The summed E-state index contributed by atoms with van der Waals surface area (Å²) in [7, 11) is 1.42. The Morgan fingerprint density at radius 3 is 2.44 bits per heavy atom. The molecule has 0 aromatic heterocycles. The number of rotatable bonds is 6. The zero-order valence-corrected chi connectivity index (χ0v) is 14.8. The van der Waals surface area contributed by atoms with Crippen LogP contribution in [0.3, 0.4) is 0 Å². The fraction of sp³-hybridized carbons (Fsp3) is 0.222. The maximum atomic E-state index is 13.0. The molecule has 2 aromatic carbocycles. The molecule has 0 fully saturated rings. The van der Waals surface area contributed by atoms with Crippen molar-refractivity contribution in [2.45, 2.75) is 18.6 Å². The third-order valence-corrected chi connectivity index (χ3v) is 4.03. The minimum atomic E-state index is -4.74. The lowest BCUT2D eigenvalue weighted by atomic mass is 10.0. The van der Waals surface area contributed by atoms with E-state index >= 15 is 0 Å². The molecule has 1 atom stereocenters. The van der Waals surface area contributed by atoms with E-state index in [9.17, 15) is 27.9 Å². The van der Waals surface area contributed by atoms with Crippen molar-refractivity contribution in [1.29, 1.82) is 0 Å². The molecule has 0 heterocycles. The lowest BCUT2D eigenvalue weighted by Crippen LogP contribution is -2.42. The first-order chi connectivity index (χ1) is 12.6. The molecular formula is C18H15ClF3NO4. The van der Waals surface area contributed by atoms with E-state index in [0.29, 0.717) is 11.3 Å². The first-order valence-electron chi connectivity index (χ1n) is 7.65. The van der Waals surface area contributed by atoms with Gasteiger partial charge in [-0.2, -0.15) is 13.2 Å². The molecule has 0 spiro atoms. The van der Waals surface area contributed by atoms with Gasteiger partial charge < -0.3 is 15.2 Å². The largest absolute Gasteiger partial charge is 0.495 e. The molecule has 27 heavy (non-hydrogen) atoms. The topological polar surface area (TPSA) is 75.6 Å². The average Bonchev–Trinajstić information content (AvgIpc) is 2.60. The predicted molar refractivity (Wildman–Crippen MR) is 92.0 cm³/mol. The Kier molecular flexibility index (Phi) is 6.32. The van der Waals surface area contributed by atoms with E-state index in [0.717, 1.165) is 18.2 Å². The Morgan fingerprint density at radius 1 is 1.22 bits per heavy atom. The van der Waals surface area contributed by atoms with Gasteiger partial charge in [0.25, 0.3) is 5.91 Å². The number of methoxy groups -OCH3 is 1. The van der Waals surface area contributed by atoms with E-state index in [1.54, 1.807) is 6.07 Å². The van der Waals surface area contributed by atoms with Gasteiger partial charge in [-0.05, 0) is 29.8 Å². The van der Waals surface area contributed by atoms with Crippen molar-refractivity contribution >= 4 is 23.5 Å². The number of nitrogens with one attached hydrogen (secondary N) is 1. The summed E-state index contributed by atoms with van der Waals surface area (Å²) in [6, 6.07) is 7.26. The van der Waals surface area contributed by atoms with Crippen LogP contribution in [0.4, 0.5) is 13.2 Å². The van der Waals surface area contributed by atoms with Crippen LogP contribution in [0.5, 0.6) is 5.75 Å². The van der Waals surface area contributed by atoms with Crippen molar-refractivity contribution in [3.05, 3.63) is 64.2 Å². The van der Waals surface area contributed by atoms with Gasteiger partial charge in [0, 0.05) is 6.42 Å². The molecule has 1 amide bonds. The van der Waals surface area contributed by atoms with Crippen molar-refractivity contribution in [2.75, 3.05) is 7.11 Å². The lowest BCUT2D eigenvalue weighted by molar-refractivity contribution is -0.139. The molecule has 0 aliphatic carbocycles. The maximum Gasteiger partial charge on any atom is 0.417 e. The molecular weight excluding hydrogens is 387 g/mol. The van der Waals surface area contributed by atoms with Gasteiger partial charge in [-0.3, -0.25) is 4.79 Å². The number of carboxylic acids is 1. The van der Waals surface area contributed by atoms with Gasteiger partial charge in [-0.25, -0.2) is 4.79 Å². The van der Waals surface area contributed by atoms with Gasteiger partial charge in [0.1, 0.15) is 11.8 Å². The third-order valence-electron chi connectivity index (χ3n) is 3.74. The number of aliphatic carboxylic acids is 1. The quantitative estimate of drug-likeness (QED) is 0.772. The summed E-state index contributed by atoms with van der Waals surface area (Å²) >= 11 is 5.98. The molecule has 2 aromatic rings. The number of halogens is 4. The van der Waals surface area contributed by atoms with Crippen LogP contribution in [-0.4, -0.2) is 30.1 Å². The second-order valence-electron chi connectivity index (χ2n) is 5.58. The second kappa shape index (κ2) is 8.30. The standard InChI is InChI=1S/C18H15ClF3NO4/c1-27-15-7-6-10(8-13(15)19)9-14(17(25)26)23-16(24)11-4-2-3-5-12(11)18(20,21)22/h2-8,14H,9H2,1H3,(H,23,24)(H,25,26)/t14-/m0/s1. The van der Waals surface area contributed by atoms with Gasteiger partial charge in [-0.15, -0.1) is 0 Å². The number of carbonyl (C=O) groups is 2. The Bertz CT molecular complexity index is 855. The van der Waals surface area contributed by atoms with Crippen LogP contribution in [0.25, 0.3) is 0 Å². The molecule has 0 saturated heterocycles. The first-order valence-corrected chi connectivity index (χ1v) is 8.03. The molecule has 144 valence electrons. The fourth-order valence-electron chi connectivity index (χ4n) is 2.44. The maximum absolute atomic E-state index is 13.0. The smallest absolute Gasteiger partial charge is 0.417 e. The lowest BCUT2D eigenvalue weighted by Gasteiger charge is -2.17. The normalized spacial score (nSPS) is 12.3. The van der Waals surface area contributed by atoms with E-state index in [-0.39, 0.29) is 11.4 Å². The van der Waals surface area contributed by atoms with Crippen LogP contribution < -0.4 is 10.1 Å². The predicted octanol–water partition coefficient (Wildman–Crippen LogP) is 3.79. The molecule has 2 rings (SSSR count). The zero-order valence-electron chi connectivity index (χ0n) is 14.0. The third kappa shape index (κ3) is 5.13. The number of carboxylic acid groups (broad SMARTS) is 1. The van der Waals surface area contributed by atoms with Crippen molar-refractivity contribution in [2.24, 2.45) is 0 Å². The Hall–Kier alpha value is -2.74. The Labute approximate surface area is 157 Å². The summed E-state index contributed by atoms with van der Waals surface area (Å²) < 4.78 is 44.1. The highest BCUT2D eigenvalue weighted by atomic mass is 35.5. The van der Waals surface area contributed by atoms with Crippen molar-refractivity contribution < 1.29 is 32.6 Å². The highest BCUT2D eigenvalue weighted by Gasteiger charge is 2.35. The van der Waals surface area contributed by atoms with Crippen molar-refractivity contribution in [3.8, 4) is 5.75 Å². The van der Waals surface area contributed by atoms with Crippen LogP contribution in [0.15, 0.2) is 42.5 Å². The molecule has 5 nitrogen and oxygen atoms in total. The van der Waals surface area contributed by atoms with Gasteiger partial charge in [0.15, 0.2) is 0 Å². The highest BCUT2D eigenvalue weighted by molar-refractivity contribution is 6.32. The first kappa shape index (κ1) is 20.6. The molecule has 9 heteroatoms. The monoisotopic (exact) mass is 401 g/mol. The summed E-state index contributed by atoms with van der Waals surface area (Å²) in [6.07, 6.45) is -4.91.